The largest absolute Gasteiger partial charge is 0.497 e. The topological polar surface area (TPSA) is 76.7 Å². The van der Waals surface area contributed by atoms with Gasteiger partial charge in [-0.1, -0.05) is 30.3 Å². The van der Waals surface area contributed by atoms with Crippen molar-refractivity contribution in [1.82, 2.24) is 10.9 Å². The van der Waals surface area contributed by atoms with Gasteiger partial charge in [-0.25, -0.2) is 0 Å². The van der Waals surface area contributed by atoms with E-state index in [1.807, 2.05) is 30.3 Å². The van der Waals surface area contributed by atoms with Crippen LogP contribution in [0.15, 0.2) is 48.5 Å². The summed E-state index contributed by atoms with van der Waals surface area (Å²) in [5.41, 5.74) is 6.26. The maximum Gasteiger partial charge on any atom is 0.269 e. The third kappa shape index (κ3) is 6.04. The van der Waals surface area contributed by atoms with Crippen LogP contribution < -0.4 is 20.3 Å². The highest BCUT2D eigenvalue weighted by Crippen LogP contribution is 2.22. The van der Waals surface area contributed by atoms with Crippen LogP contribution in [0.5, 0.6) is 11.5 Å². The molecule has 0 fully saturated rings. The molecule has 0 aliphatic heterocycles. The quantitative estimate of drug-likeness (QED) is 0.742. The Morgan fingerprint density at radius 3 is 2.20 bits per heavy atom. The molecule has 0 heterocycles. The maximum absolute atomic E-state index is 12.1. The van der Waals surface area contributed by atoms with Gasteiger partial charge in [-0.2, -0.15) is 0 Å². The lowest BCUT2D eigenvalue weighted by Gasteiger charge is -2.10. The molecule has 0 saturated carbocycles. The van der Waals surface area contributed by atoms with Crippen LogP contribution in [0.25, 0.3) is 0 Å². The van der Waals surface area contributed by atoms with E-state index in [1.54, 1.807) is 18.2 Å². The standard InChI is InChI=1S/C18H20N2O4S/c1-23-15-8-14(9-16(10-15)24-2)18(22)20-19-17(21)12-25-11-13-6-4-3-5-7-13/h3-10H,11-12H2,1-2H3,(H,19,21)(H,20,22). The van der Waals surface area contributed by atoms with Gasteiger partial charge in [-0.15, -0.1) is 11.8 Å². The lowest BCUT2D eigenvalue weighted by molar-refractivity contribution is -0.119. The highest BCUT2D eigenvalue weighted by atomic mass is 32.2. The number of ether oxygens (including phenoxy) is 2. The average molecular weight is 360 g/mol. The molecule has 0 atom stereocenters. The van der Waals surface area contributed by atoms with Crippen LogP contribution in [0.4, 0.5) is 0 Å². The van der Waals surface area contributed by atoms with Crippen LogP contribution in [-0.2, 0) is 10.5 Å². The molecule has 0 bridgehead atoms. The Hall–Kier alpha value is -2.67. The minimum Gasteiger partial charge on any atom is -0.497 e. The number of hydrogen-bond donors (Lipinski definition) is 2. The lowest BCUT2D eigenvalue weighted by atomic mass is 10.2. The fourth-order valence-electron chi connectivity index (χ4n) is 2.01. The van der Waals surface area contributed by atoms with Gasteiger partial charge < -0.3 is 9.47 Å². The Labute approximate surface area is 150 Å². The minimum atomic E-state index is -0.446. The third-order valence-electron chi connectivity index (χ3n) is 3.27. The number of thioether (sulfide) groups is 1. The zero-order valence-corrected chi connectivity index (χ0v) is 14.9. The number of benzene rings is 2. The second-order valence-electron chi connectivity index (χ2n) is 5.08. The Bertz CT molecular complexity index is 700. The Morgan fingerprint density at radius 2 is 1.60 bits per heavy atom. The summed E-state index contributed by atoms with van der Waals surface area (Å²) in [5.74, 6) is 1.25. The number of carbonyl (C=O) groups is 2. The molecule has 132 valence electrons. The summed E-state index contributed by atoms with van der Waals surface area (Å²) in [5, 5.41) is 0. The van der Waals surface area contributed by atoms with Crippen molar-refractivity contribution in [3.8, 4) is 11.5 Å². The highest BCUT2D eigenvalue weighted by Gasteiger charge is 2.11. The van der Waals surface area contributed by atoms with E-state index in [0.717, 1.165) is 11.3 Å². The molecule has 2 amide bonds. The summed E-state index contributed by atoms with van der Waals surface area (Å²) in [6, 6.07) is 14.7. The van der Waals surface area contributed by atoms with Gasteiger partial charge in [0, 0.05) is 17.4 Å². The van der Waals surface area contributed by atoms with Crippen LogP contribution in [-0.4, -0.2) is 31.8 Å². The second kappa shape index (κ2) is 9.58. The van der Waals surface area contributed by atoms with E-state index in [0.29, 0.717) is 17.1 Å². The summed E-state index contributed by atoms with van der Waals surface area (Å²) in [4.78, 5) is 24.0. The zero-order chi connectivity index (χ0) is 18.1. The van der Waals surface area contributed by atoms with E-state index < -0.39 is 5.91 Å². The van der Waals surface area contributed by atoms with Crippen molar-refractivity contribution in [3.05, 3.63) is 59.7 Å². The molecule has 7 heteroatoms. The zero-order valence-electron chi connectivity index (χ0n) is 14.1. The van der Waals surface area contributed by atoms with E-state index in [-0.39, 0.29) is 11.7 Å². The molecular weight excluding hydrogens is 340 g/mol. The van der Waals surface area contributed by atoms with Crippen LogP contribution >= 0.6 is 11.8 Å². The van der Waals surface area contributed by atoms with Gasteiger partial charge in [0.05, 0.1) is 20.0 Å². The minimum absolute atomic E-state index is 0.247. The number of hydrazine groups is 1. The molecule has 2 aromatic carbocycles. The van der Waals surface area contributed by atoms with Crippen LogP contribution in [0, 0.1) is 0 Å². The van der Waals surface area contributed by atoms with Gasteiger partial charge in [0.1, 0.15) is 11.5 Å². The SMILES string of the molecule is COc1cc(OC)cc(C(=O)NNC(=O)CSCc2ccccc2)c1. The van der Waals surface area contributed by atoms with Crippen molar-refractivity contribution in [3.63, 3.8) is 0 Å². The first-order valence-corrected chi connectivity index (χ1v) is 8.71. The van der Waals surface area contributed by atoms with E-state index in [9.17, 15) is 9.59 Å². The fraction of sp³-hybridized carbons (Fsp3) is 0.222. The number of methoxy groups -OCH3 is 2. The summed E-state index contributed by atoms with van der Waals surface area (Å²) < 4.78 is 10.2. The van der Waals surface area contributed by atoms with Gasteiger partial charge in [0.15, 0.2) is 0 Å². The first-order chi connectivity index (χ1) is 12.1. The highest BCUT2D eigenvalue weighted by molar-refractivity contribution is 7.99. The first-order valence-electron chi connectivity index (χ1n) is 7.56. The van der Waals surface area contributed by atoms with Gasteiger partial charge in [-0.3, -0.25) is 20.4 Å². The monoisotopic (exact) mass is 360 g/mol. The Morgan fingerprint density at radius 1 is 0.960 bits per heavy atom. The van der Waals surface area contributed by atoms with Crippen molar-refractivity contribution in [1.29, 1.82) is 0 Å². The molecule has 2 N–H and O–H groups in total. The Balaban J connectivity index is 1.80. The van der Waals surface area contributed by atoms with E-state index in [4.69, 9.17) is 9.47 Å². The second-order valence-corrected chi connectivity index (χ2v) is 6.07. The predicted octanol–water partition coefficient (Wildman–Crippen LogP) is 2.40. The number of nitrogens with one attached hydrogen (secondary N) is 2. The number of rotatable bonds is 7. The molecular formula is C18H20N2O4S. The van der Waals surface area contributed by atoms with Gasteiger partial charge >= 0.3 is 0 Å². The van der Waals surface area contributed by atoms with E-state index >= 15 is 0 Å². The molecule has 2 rings (SSSR count). The van der Waals surface area contributed by atoms with Gasteiger partial charge in [-0.05, 0) is 17.7 Å². The molecule has 25 heavy (non-hydrogen) atoms. The summed E-state index contributed by atoms with van der Waals surface area (Å²) in [6.45, 7) is 0. The van der Waals surface area contributed by atoms with Gasteiger partial charge in [0.2, 0.25) is 5.91 Å². The number of carbonyl (C=O) groups excluding carboxylic acids is 2. The first kappa shape index (κ1) is 18.7. The van der Waals surface area contributed by atoms with Crippen molar-refractivity contribution in [2.24, 2.45) is 0 Å². The fourth-order valence-corrected chi connectivity index (χ4v) is 2.80. The van der Waals surface area contributed by atoms with E-state index in [1.165, 1.54) is 26.0 Å². The maximum atomic E-state index is 12.1. The molecule has 0 unspecified atom stereocenters. The van der Waals surface area contributed by atoms with E-state index in [2.05, 4.69) is 10.9 Å². The summed E-state index contributed by atoms with van der Waals surface area (Å²) in [6.07, 6.45) is 0. The van der Waals surface area contributed by atoms with Crippen molar-refractivity contribution < 1.29 is 19.1 Å². The average Bonchev–Trinajstić information content (AvgIpc) is 2.66. The molecule has 0 aromatic heterocycles. The van der Waals surface area contributed by atoms with Crippen molar-refractivity contribution in [2.75, 3.05) is 20.0 Å². The molecule has 0 spiro atoms. The molecule has 0 aliphatic carbocycles. The van der Waals surface area contributed by atoms with Crippen LogP contribution in [0.2, 0.25) is 0 Å². The van der Waals surface area contributed by atoms with Crippen molar-refractivity contribution in [2.45, 2.75) is 5.75 Å². The molecule has 0 aliphatic rings. The molecule has 6 nitrogen and oxygen atoms in total. The normalized spacial score (nSPS) is 10.0. The molecule has 0 saturated heterocycles. The lowest BCUT2D eigenvalue weighted by Crippen LogP contribution is -2.42. The Kier molecular flexibility index (Phi) is 7.16. The van der Waals surface area contributed by atoms with Crippen molar-refractivity contribution >= 4 is 23.6 Å². The number of amides is 2. The molecule has 0 radical (unpaired) electrons. The molecule has 2 aromatic rings. The summed E-state index contributed by atoms with van der Waals surface area (Å²) >= 11 is 1.47. The summed E-state index contributed by atoms with van der Waals surface area (Å²) in [7, 11) is 3.00. The van der Waals surface area contributed by atoms with Gasteiger partial charge in [0.25, 0.3) is 5.91 Å². The smallest absolute Gasteiger partial charge is 0.269 e. The van der Waals surface area contributed by atoms with Crippen LogP contribution in [0.3, 0.4) is 0 Å². The van der Waals surface area contributed by atoms with Crippen LogP contribution in [0.1, 0.15) is 15.9 Å². The predicted molar refractivity (Wildman–Crippen MR) is 97.8 cm³/mol. The number of hydrogen-bond acceptors (Lipinski definition) is 5. The third-order valence-corrected chi connectivity index (χ3v) is 4.28.